The summed E-state index contributed by atoms with van der Waals surface area (Å²) in [4.78, 5) is 36.3. The second-order valence-corrected chi connectivity index (χ2v) is 7.84. The highest BCUT2D eigenvalue weighted by atomic mass is 79.9. The van der Waals surface area contributed by atoms with E-state index in [9.17, 15) is 14.4 Å². The van der Waals surface area contributed by atoms with Crippen molar-refractivity contribution in [1.82, 2.24) is 10.6 Å². The van der Waals surface area contributed by atoms with E-state index in [4.69, 9.17) is 5.73 Å². The number of halogens is 1. The smallest absolute Gasteiger partial charge is 0.319 e. The molecule has 0 bridgehead atoms. The Balaban J connectivity index is 2.78. The van der Waals surface area contributed by atoms with Crippen LogP contribution in [0.1, 0.15) is 34.1 Å². The molecule has 0 radical (unpaired) electrons. The van der Waals surface area contributed by atoms with Crippen molar-refractivity contribution in [3.05, 3.63) is 28.7 Å². The first-order valence-electron chi connectivity index (χ1n) is 8.53. The van der Waals surface area contributed by atoms with E-state index >= 15 is 0 Å². The summed E-state index contributed by atoms with van der Waals surface area (Å²) < 4.78 is 0.895. The zero-order valence-electron chi connectivity index (χ0n) is 15.5. The van der Waals surface area contributed by atoms with Crippen LogP contribution < -0.4 is 21.7 Å². The van der Waals surface area contributed by atoms with Crippen LogP contribution in [-0.4, -0.2) is 29.9 Å². The predicted molar refractivity (Wildman–Crippen MR) is 106 cm³/mol. The molecule has 0 spiro atoms. The van der Waals surface area contributed by atoms with E-state index in [0.717, 1.165) is 4.47 Å². The van der Waals surface area contributed by atoms with Gasteiger partial charge in [-0.25, -0.2) is 4.79 Å². The second kappa shape index (κ2) is 10.2. The lowest BCUT2D eigenvalue weighted by atomic mass is 10.0. The minimum absolute atomic E-state index is 0.146. The molecule has 2 atom stereocenters. The number of carbonyl (C=O) groups is 3. The standard InChI is InChI=1S/C18H27BrN4O3/c1-10(2)9-14(17(25)23-15(11(3)4)16(20)24)22-18(26)21-13-7-5-12(19)6-8-13/h5-8,10-11,14-15H,9H2,1-4H3,(H2,20,24)(H,23,25)(H2,21,22,26)/t14-,15?/m0/s1. The lowest BCUT2D eigenvalue weighted by molar-refractivity contribution is -0.129. The number of nitrogens with two attached hydrogens (primary N) is 1. The molecule has 1 aromatic carbocycles. The fourth-order valence-electron chi connectivity index (χ4n) is 2.38. The Morgan fingerprint density at radius 2 is 1.62 bits per heavy atom. The third kappa shape index (κ3) is 7.43. The van der Waals surface area contributed by atoms with Crippen molar-refractivity contribution in [1.29, 1.82) is 0 Å². The van der Waals surface area contributed by atoms with Gasteiger partial charge in [0.15, 0.2) is 0 Å². The number of nitrogens with one attached hydrogen (secondary N) is 3. The van der Waals surface area contributed by atoms with Crippen LogP contribution >= 0.6 is 15.9 Å². The van der Waals surface area contributed by atoms with Crippen molar-refractivity contribution in [3.63, 3.8) is 0 Å². The van der Waals surface area contributed by atoms with Gasteiger partial charge in [0.05, 0.1) is 0 Å². The lowest BCUT2D eigenvalue weighted by Gasteiger charge is -2.25. The van der Waals surface area contributed by atoms with Crippen LogP contribution in [0.5, 0.6) is 0 Å². The van der Waals surface area contributed by atoms with Crippen LogP contribution in [0.2, 0.25) is 0 Å². The van der Waals surface area contributed by atoms with Crippen molar-refractivity contribution >= 4 is 39.5 Å². The number of anilines is 1. The van der Waals surface area contributed by atoms with Crippen LogP contribution in [0.25, 0.3) is 0 Å². The molecule has 0 aliphatic heterocycles. The fourth-order valence-corrected chi connectivity index (χ4v) is 2.65. The van der Waals surface area contributed by atoms with Crippen LogP contribution in [0, 0.1) is 11.8 Å². The summed E-state index contributed by atoms with van der Waals surface area (Å²) in [7, 11) is 0. The van der Waals surface area contributed by atoms with Crippen molar-refractivity contribution < 1.29 is 14.4 Å². The lowest BCUT2D eigenvalue weighted by Crippen LogP contribution is -2.55. The zero-order chi connectivity index (χ0) is 19.9. The van der Waals surface area contributed by atoms with Gasteiger partial charge in [0.2, 0.25) is 11.8 Å². The Kier molecular flexibility index (Phi) is 8.57. The van der Waals surface area contributed by atoms with Crippen molar-refractivity contribution in [2.45, 2.75) is 46.2 Å². The van der Waals surface area contributed by atoms with E-state index in [1.807, 2.05) is 13.8 Å². The summed E-state index contributed by atoms with van der Waals surface area (Å²) in [5.74, 6) is -1.00. The third-order valence-corrected chi connectivity index (χ3v) is 4.23. The summed E-state index contributed by atoms with van der Waals surface area (Å²) in [6.07, 6.45) is 0.434. The molecular weight excluding hydrogens is 400 g/mol. The van der Waals surface area contributed by atoms with Gasteiger partial charge in [-0.1, -0.05) is 43.6 Å². The Morgan fingerprint density at radius 1 is 1.04 bits per heavy atom. The summed E-state index contributed by atoms with van der Waals surface area (Å²) in [6, 6.07) is 5.03. The molecule has 26 heavy (non-hydrogen) atoms. The Hall–Kier alpha value is -2.09. The quantitative estimate of drug-likeness (QED) is 0.512. The molecule has 7 nitrogen and oxygen atoms in total. The van der Waals surface area contributed by atoms with E-state index in [1.165, 1.54) is 0 Å². The minimum atomic E-state index is -0.784. The minimum Gasteiger partial charge on any atom is -0.368 e. The maximum atomic E-state index is 12.6. The van der Waals surface area contributed by atoms with Crippen LogP contribution in [-0.2, 0) is 9.59 Å². The first-order valence-corrected chi connectivity index (χ1v) is 9.32. The van der Waals surface area contributed by atoms with E-state index in [1.54, 1.807) is 38.1 Å². The second-order valence-electron chi connectivity index (χ2n) is 6.92. The van der Waals surface area contributed by atoms with Gasteiger partial charge in [0.25, 0.3) is 0 Å². The fraction of sp³-hybridized carbons (Fsp3) is 0.500. The summed E-state index contributed by atoms with van der Waals surface area (Å²) in [5.41, 5.74) is 5.95. The number of rotatable bonds is 8. The Labute approximate surface area is 162 Å². The van der Waals surface area contributed by atoms with Crippen molar-refractivity contribution in [2.24, 2.45) is 17.6 Å². The van der Waals surface area contributed by atoms with E-state index in [2.05, 4.69) is 31.9 Å². The summed E-state index contributed by atoms with van der Waals surface area (Å²) >= 11 is 3.33. The molecule has 144 valence electrons. The van der Waals surface area contributed by atoms with Crippen molar-refractivity contribution in [3.8, 4) is 0 Å². The molecule has 1 unspecified atom stereocenters. The maximum Gasteiger partial charge on any atom is 0.319 e. The molecule has 1 rings (SSSR count). The maximum absolute atomic E-state index is 12.6. The van der Waals surface area contributed by atoms with Crippen LogP contribution in [0.15, 0.2) is 28.7 Å². The normalized spacial score (nSPS) is 13.2. The molecule has 0 aliphatic rings. The number of benzene rings is 1. The van der Waals surface area contributed by atoms with E-state index < -0.39 is 29.9 Å². The SMILES string of the molecule is CC(C)C[C@H](NC(=O)Nc1ccc(Br)cc1)C(=O)NC(C(N)=O)C(C)C. The first-order chi connectivity index (χ1) is 12.1. The number of hydrogen-bond acceptors (Lipinski definition) is 3. The highest BCUT2D eigenvalue weighted by molar-refractivity contribution is 9.10. The average molecular weight is 427 g/mol. The van der Waals surface area contributed by atoms with Crippen molar-refractivity contribution in [2.75, 3.05) is 5.32 Å². The number of amides is 4. The number of primary amides is 1. The molecule has 0 heterocycles. The van der Waals surface area contributed by atoms with Gasteiger partial charge in [-0.05, 0) is 42.5 Å². The monoisotopic (exact) mass is 426 g/mol. The summed E-state index contributed by atoms with van der Waals surface area (Å²) in [5, 5.41) is 7.99. The Bertz CT molecular complexity index is 632. The molecule has 0 saturated carbocycles. The van der Waals surface area contributed by atoms with Gasteiger partial charge < -0.3 is 21.7 Å². The van der Waals surface area contributed by atoms with E-state index in [0.29, 0.717) is 12.1 Å². The van der Waals surface area contributed by atoms with Crippen LogP contribution in [0.3, 0.4) is 0 Å². The molecule has 0 aliphatic carbocycles. The van der Waals surface area contributed by atoms with Gasteiger partial charge in [-0.3, -0.25) is 9.59 Å². The van der Waals surface area contributed by atoms with Crippen LogP contribution in [0.4, 0.5) is 10.5 Å². The van der Waals surface area contributed by atoms with Gasteiger partial charge in [0.1, 0.15) is 12.1 Å². The number of hydrogen-bond donors (Lipinski definition) is 4. The highest BCUT2D eigenvalue weighted by Gasteiger charge is 2.27. The summed E-state index contributed by atoms with van der Waals surface area (Å²) in [6.45, 7) is 7.48. The highest BCUT2D eigenvalue weighted by Crippen LogP contribution is 2.14. The molecule has 8 heteroatoms. The van der Waals surface area contributed by atoms with Gasteiger partial charge in [-0.2, -0.15) is 0 Å². The van der Waals surface area contributed by atoms with Gasteiger partial charge in [0, 0.05) is 10.2 Å². The molecule has 0 aromatic heterocycles. The molecule has 0 saturated heterocycles. The topological polar surface area (TPSA) is 113 Å². The largest absolute Gasteiger partial charge is 0.368 e. The third-order valence-electron chi connectivity index (χ3n) is 3.70. The zero-order valence-corrected chi connectivity index (χ0v) is 17.1. The molecule has 4 amide bonds. The first kappa shape index (κ1) is 22.0. The van der Waals surface area contributed by atoms with Gasteiger partial charge in [-0.15, -0.1) is 0 Å². The number of urea groups is 1. The molecule has 0 fully saturated rings. The van der Waals surface area contributed by atoms with E-state index in [-0.39, 0.29) is 11.8 Å². The molecule has 5 N–H and O–H groups in total. The number of carbonyl (C=O) groups excluding carboxylic acids is 3. The van der Waals surface area contributed by atoms with Gasteiger partial charge >= 0.3 is 6.03 Å². The predicted octanol–water partition coefficient (Wildman–Crippen LogP) is 2.61. The Morgan fingerprint density at radius 3 is 2.08 bits per heavy atom. The molecular formula is C18H27BrN4O3. The average Bonchev–Trinajstić information content (AvgIpc) is 2.52. The molecule has 1 aromatic rings.